The van der Waals surface area contributed by atoms with Crippen LogP contribution in [0.2, 0.25) is 0 Å². The number of benzene rings is 1. The Bertz CT molecular complexity index is 633. The molecule has 6 nitrogen and oxygen atoms in total. The number of nitrogens with two attached hydrogens (primary N) is 1. The topological polar surface area (TPSA) is 83.7 Å². The third kappa shape index (κ3) is 2.97. The van der Waals surface area contributed by atoms with Crippen molar-refractivity contribution in [3.63, 3.8) is 0 Å². The maximum Gasteiger partial charge on any atom is 0.245 e. The number of hydrogen-bond donors (Lipinski definition) is 1. The second kappa shape index (κ2) is 5.71. The Morgan fingerprint density at radius 2 is 2.00 bits per heavy atom. The smallest absolute Gasteiger partial charge is 0.245 e. The molecule has 110 valence electrons. The van der Waals surface area contributed by atoms with Crippen molar-refractivity contribution >= 4 is 37.5 Å². The minimum absolute atomic E-state index is 0.0399. The molecule has 1 fully saturated rings. The molecule has 0 spiro atoms. The molecule has 1 aliphatic rings. The minimum atomic E-state index is -3.75. The molecular weight excluding hydrogens is 346 g/mol. The van der Waals surface area contributed by atoms with Crippen LogP contribution in [0.3, 0.4) is 0 Å². The van der Waals surface area contributed by atoms with Crippen molar-refractivity contribution < 1.29 is 13.2 Å². The van der Waals surface area contributed by atoms with Gasteiger partial charge < -0.3 is 10.6 Å². The van der Waals surface area contributed by atoms with E-state index >= 15 is 0 Å². The molecule has 2 rings (SSSR count). The van der Waals surface area contributed by atoms with E-state index in [1.807, 2.05) is 0 Å². The third-order valence-corrected chi connectivity index (χ3v) is 5.64. The van der Waals surface area contributed by atoms with Gasteiger partial charge in [0.1, 0.15) is 4.90 Å². The lowest BCUT2D eigenvalue weighted by Gasteiger charge is -2.20. The Kier molecular flexibility index (Phi) is 4.36. The number of anilines is 1. The van der Waals surface area contributed by atoms with Crippen molar-refractivity contribution in [1.29, 1.82) is 0 Å². The van der Waals surface area contributed by atoms with Crippen LogP contribution in [0.25, 0.3) is 0 Å². The highest BCUT2D eigenvalue weighted by Crippen LogP contribution is 2.26. The summed E-state index contributed by atoms with van der Waals surface area (Å²) in [6.07, 6.45) is 0.609. The van der Waals surface area contributed by atoms with Gasteiger partial charge in [-0.05, 0) is 24.6 Å². The highest BCUT2D eigenvalue weighted by atomic mass is 79.9. The summed E-state index contributed by atoms with van der Waals surface area (Å²) in [5, 5.41) is 0. The highest BCUT2D eigenvalue weighted by molar-refractivity contribution is 9.10. The maximum atomic E-state index is 12.6. The molecule has 2 N–H and O–H groups in total. The fraction of sp³-hybridized carbons (Fsp3) is 0.417. The largest absolute Gasteiger partial charge is 0.398 e. The van der Waals surface area contributed by atoms with Crippen molar-refractivity contribution in [3.05, 3.63) is 22.7 Å². The van der Waals surface area contributed by atoms with Crippen LogP contribution >= 0.6 is 15.9 Å². The van der Waals surface area contributed by atoms with Crippen LogP contribution in [-0.4, -0.2) is 50.2 Å². The SMILES string of the molecule is CN1CCCN(S(=O)(=O)c2ccc(Br)cc2N)CC1=O. The van der Waals surface area contributed by atoms with Gasteiger partial charge in [0.05, 0.1) is 12.2 Å². The van der Waals surface area contributed by atoms with E-state index < -0.39 is 10.0 Å². The van der Waals surface area contributed by atoms with E-state index in [4.69, 9.17) is 5.73 Å². The van der Waals surface area contributed by atoms with Crippen LogP contribution < -0.4 is 5.73 Å². The predicted octanol–water partition coefficient (Wildman–Crippen LogP) is 0.884. The Labute approximate surface area is 126 Å². The molecule has 0 saturated carbocycles. The lowest BCUT2D eigenvalue weighted by Crippen LogP contribution is -2.38. The number of likely N-dealkylation sites (N-methyl/N-ethyl adjacent to an activating group) is 1. The summed E-state index contributed by atoms with van der Waals surface area (Å²) in [4.78, 5) is 13.4. The van der Waals surface area contributed by atoms with Crippen LogP contribution in [0.5, 0.6) is 0 Å². The summed E-state index contributed by atoms with van der Waals surface area (Å²) in [6, 6.07) is 4.61. The summed E-state index contributed by atoms with van der Waals surface area (Å²) in [6.45, 7) is 0.725. The number of halogens is 1. The van der Waals surface area contributed by atoms with Crippen LogP contribution in [0.4, 0.5) is 5.69 Å². The summed E-state index contributed by atoms with van der Waals surface area (Å²) >= 11 is 3.24. The van der Waals surface area contributed by atoms with Gasteiger partial charge in [0.25, 0.3) is 0 Å². The van der Waals surface area contributed by atoms with Crippen molar-refractivity contribution in [3.8, 4) is 0 Å². The predicted molar refractivity (Wildman–Crippen MR) is 79.6 cm³/mol. The van der Waals surface area contributed by atoms with Gasteiger partial charge in [-0.1, -0.05) is 15.9 Å². The average Bonchev–Trinajstić information content (AvgIpc) is 2.52. The number of nitrogens with zero attached hydrogens (tertiary/aromatic N) is 2. The molecule has 1 aliphatic heterocycles. The van der Waals surface area contributed by atoms with Crippen LogP contribution in [0.1, 0.15) is 6.42 Å². The van der Waals surface area contributed by atoms with E-state index in [-0.39, 0.29) is 23.0 Å². The monoisotopic (exact) mass is 361 g/mol. The first-order valence-corrected chi connectivity index (χ1v) is 8.35. The van der Waals surface area contributed by atoms with Gasteiger partial charge in [-0.3, -0.25) is 4.79 Å². The van der Waals surface area contributed by atoms with Crippen molar-refractivity contribution in [2.45, 2.75) is 11.3 Å². The Balaban J connectivity index is 2.36. The number of nitrogen functional groups attached to an aromatic ring is 1. The van der Waals surface area contributed by atoms with Gasteiger partial charge in [-0.2, -0.15) is 4.31 Å². The molecule has 0 radical (unpaired) electrons. The van der Waals surface area contributed by atoms with Gasteiger partial charge in [-0.15, -0.1) is 0 Å². The standard InChI is InChI=1S/C12H16BrN3O3S/c1-15-5-2-6-16(8-12(15)17)20(18,19)11-4-3-9(13)7-10(11)14/h3-4,7H,2,5-6,8,14H2,1H3. The number of rotatable bonds is 2. The number of carbonyl (C=O) groups excluding carboxylic acids is 1. The van der Waals surface area contributed by atoms with Gasteiger partial charge in [0.15, 0.2) is 0 Å². The second-order valence-corrected chi connectivity index (χ2v) is 7.51. The molecule has 1 heterocycles. The molecule has 20 heavy (non-hydrogen) atoms. The maximum absolute atomic E-state index is 12.6. The second-order valence-electron chi connectivity index (χ2n) is 4.69. The number of hydrogen-bond acceptors (Lipinski definition) is 4. The van der Waals surface area contributed by atoms with E-state index in [0.29, 0.717) is 24.0 Å². The zero-order chi connectivity index (χ0) is 14.9. The number of sulfonamides is 1. The minimum Gasteiger partial charge on any atom is -0.398 e. The van der Waals surface area contributed by atoms with E-state index in [1.165, 1.54) is 10.4 Å². The summed E-state index contributed by atoms with van der Waals surface area (Å²) in [5.41, 5.74) is 5.95. The zero-order valence-electron chi connectivity index (χ0n) is 11.0. The van der Waals surface area contributed by atoms with Crippen molar-refractivity contribution in [2.24, 2.45) is 0 Å². The van der Waals surface area contributed by atoms with Crippen LogP contribution in [-0.2, 0) is 14.8 Å². The van der Waals surface area contributed by atoms with Crippen molar-refractivity contribution in [1.82, 2.24) is 9.21 Å². The molecule has 0 unspecified atom stereocenters. The molecule has 1 saturated heterocycles. The molecule has 0 aromatic heterocycles. The molecule has 1 amide bonds. The summed E-state index contributed by atoms with van der Waals surface area (Å²) < 4.78 is 27.1. The molecule has 0 bridgehead atoms. The Morgan fingerprint density at radius 1 is 1.30 bits per heavy atom. The van der Waals surface area contributed by atoms with Crippen LogP contribution in [0, 0.1) is 0 Å². The first-order valence-electron chi connectivity index (χ1n) is 6.11. The molecule has 0 aliphatic carbocycles. The van der Waals surface area contributed by atoms with Crippen molar-refractivity contribution in [2.75, 3.05) is 32.4 Å². The van der Waals surface area contributed by atoms with E-state index in [9.17, 15) is 13.2 Å². The van der Waals surface area contributed by atoms with Gasteiger partial charge in [0, 0.05) is 24.6 Å². The van der Waals surface area contributed by atoms with Crippen LogP contribution in [0.15, 0.2) is 27.6 Å². The summed E-state index contributed by atoms with van der Waals surface area (Å²) in [5.74, 6) is -0.207. The number of amides is 1. The average molecular weight is 362 g/mol. The molecule has 8 heteroatoms. The first kappa shape index (κ1) is 15.3. The van der Waals surface area contributed by atoms with Gasteiger partial charge in [0.2, 0.25) is 15.9 Å². The Morgan fingerprint density at radius 3 is 2.65 bits per heavy atom. The molecule has 0 atom stereocenters. The fourth-order valence-corrected chi connectivity index (χ4v) is 3.96. The fourth-order valence-electron chi connectivity index (χ4n) is 2.06. The van der Waals surface area contributed by atoms with E-state index in [1.54, 1.807) is 24.1 Å². The van der Waals surface area contributed by atoms with E-state index in [2.05, 4.69) is 15.9 Å². The lowest BCUT2D eigenvalue weighted by molar-refractivity contribution is -0.129. The summed E-state index contributed by atoms with van der Waals surface area (Å²) in [7, 11) is -2.08. The third-order valence-electron chi connectivity index (χ3n) is 3.23. The molecular formula is C12H16BrN3O3S. The highest BCUT2D eigenvalue weighted by Gasteiger charge is 2.30. The van der Waals surface area contributed by atoms with E-state index in [0.717, 1.165) is 0 Å². The molecule has 1 aromatic carbocycles. The lowest BCUT2D eigenvalue weighted by atomic mass is 10.3. The normalized spacial score (nSPS) is 18.1. The van der Waals surface area contributed by atoms with Gasteiger partial charge in [-0.25, -0.2) is 8.42 Å². The van der Waals surface area contributed by atoms with Gasteiger partial charge >= 0.3 is 0 Å². The molecule has 1 aromatic rings. The Hall–Kier alpha value is -1.12. The number of carbonyl (C=O) groups is 1. The quantitative estimate of drug-likeness (QED) is 0.792. The first-order chi connectivity index (χ1) is 9.32. The zero-order valence-corrected chi connectivity index (χ0v) is 13.4.